The van der Waals surface area contributed by atoms with Gasteiger partial charge in [-0.15, -0.1) is 12.4 Å². The minimum absolute atomic E-state index is 0. The van der Waals surface area contributed by atoms with Crippen molar-refractivity contribution in [3.8, 4) is 5.75 Å². The van der Waals surface area contributed by atoms with Gasteiger partial charge in [-0.1, -0.05) is 12.1 Å². The maximum absolute atomic E-state index is 11.7. The third-order valence-electron chi connectivity index (χ3n) is 2.76. The molecule has 0 fully saturated rings. The smallest absolute Gasteiger partial charge is 0.234 e. The van der Waals surface area contributed by atoms with E-state index in [1.165, 1.54) is 0 Å². The van der Waals surface area contributed by atoms with Gasteiger partial charge >= 0.3 is 0 Å². The molecule has 0 saturated heterocycles. The van der Waals surface area contributed by atoms with Gasteiger partial charge in [-0.25, -0.2) is 0 Å². The number of nitrogens with one attached hydrogen (secondary N) is 2. The van der Waals surface area contributed by atoms with E-state index in [2.05, 4.69) is 10.6 Å². The molecule has 1 aromatic rings. The van der Waals surface area contributed by atoms with Crippen molar-refractivity contribution < 1.29 is 14.3 Å². The van der Waals surface area contributed by atoms with Crippen molar-refractivity contribution in [1.29, 1.82) is 0 Å². The predicted octanol–water partition coefficient (Wildman–Crippen LogP) is 1.53. The predicted molar refractivity (Wildman–Crippen MR) is 81.5 cm³/mol. The number of rotatable bonds is 8. The summed E-state index contributed by atoms with van der Waals surface area (Å²) < 4.78 is 9.99. The van der Waals surface area contributed by atoms with Crippen LogP contribution in [0.3, 0.4) is 0 Å². The summed E-state index contributed by atoms with van der Waals surface area (Å²) in [4.78, 5) is 11.7. The van der Waals surface area contributed by atoms with E-state index in [0.29, 0.717) is 19.7 Å². The van der Waals surface area contributed by atoms with Gasteiger partial charge in [0.2, 0.25) is 5.91 Å². The number of methoxy groups -OCH3 is 2. The molecule has 0 aliphatic rings. The van der Waals surface area contributed by atoms with Crippen molar-refractivity contribution in [2.24, 2.45) is 0 Å². The van der Waals surface area contributed by atoms with Crippen LogP contribution in [0.1, 0.15) is 18.5 Å². The van der Waals surface area contributed by atoms with Gasteiger partial charge in [0.05, 0.1) is 26.3 Å². The highest BCUT2D eigenvalue weighted by atomic mass is 35.5. The maximum atomic E-state index is 11.7. The minimum atomic E-state index is -0.0283. The van der Waals surface area contributed by atoms with E-state index in [4.69, 9.17) is 9.47 Å². The van der Waals surface area contributed by atoms with Crippen LogP contribution >= 0.6 is 12.4 Å². The molecule has 1 atom stereocenters. The zero-order chi connectivity index (χ0) is 14.1. The molecule has 6 heteroatoms. The Balaban J connectivity index is 0.00000361. The fraction of sp³-hybridized carbons (Fsp3) is 0.500. The van der Waals surface area contributed by atoms with Crippen LogP contribution in [-0.4, -0.2) is 39.8 Å². The molecule has 114 valence electrons. The Morgan fingerprint density at radius 3 is 2.45 bits per heavy atom. The zero-order valence-corrected chi connectivity index (χ0v) is 13.0. The second-order valence-electron chi connectivity index (χ2n) is 4.23. The van der Waals surface area contributed by atoms with Crippen molar-refractivity contribution in [3.05, 3.63) is 29.8 Å². The standard InChI is InChI=1S/C14H22N2O3.ClH/c1-11(12-4-6-13(19-3)7-5-12)16-14(17)10-15-8-9-18-2;/h4-7,11,15H,8-10H2,1-3H3,(H,16,17);1H. The summed E-state index contributed by atoms with van der Waals surface area (Å²) in [6, 6.07) is 7.64. The summed E-state index contributed by atoms with van der Waals surface area (Å²) in [5.41, 5.74) is 1.05. The van der Waals surface area contributed by atoms with Crippen LogP contribution < -0.4 is 15.4 Å². The summed E-state index contributed by atoms with van der Waals surface area (Å²) >= 11 is 0. The van der Waals surface area contributed by atoms with E-state index in [0.717, 1.165) is 11.3 Å². The molecule has 0 heterocycles. The van der Waals surface area contributed by atoms with Gasteiger partial charge in [0.1, 0.15) is 5.75 Å². The monoisotopic (exact) mass is 302 g/mol. The number of carbonyl (C=O) groups is 1. The number of halogens is 1. The molecule has 5 nitrogen and oxygen atoms in total. The second-order valence-corrected chi connectivity index (χ2v) is 4.23. The van der Waals surface area contributed by atoms with Crippen LogP contribution in [0.2, 0.25) is 0 Å². The Morgan fingerprint density at radius 1 is 1.25 bits per heavy atom. The molecule has 0 saturated carbocycles. The molecule has 1 aromatic carbocycles. The summed E-state index contributed by atoms with van der Waals surface area (Å²) in [5, 5.41) is 5.93. The summed E-state index contributed by atoms with van der Waals surface area (Å²) in [6.07, 6.45) is 0. The van der Waals surface area contributed by atoms with E-state index in [1.54, 1.807) is 14.2 Å². The number of amides is 1. The average Bonchev–Trinajstić information content (AvgIpc) is 2.43. The van der Waals surface area contributed by atoms with Crippen LogP contribution in [-0.2, 0) is 9.53 Å². The van der Waals surface area contributed by atoms with Gasteiger partial charge < -0.3 is 20.1 Å². The number of carbonyl (C=O) groups excluding carboxylic acids is 1. The van der Waals surface area contributed by atoms with E-state index < -0.39 is 0 Å². The Bertz CT molecular complexity index is 385. The summed E-state index contributed by atoms with van der Waals surface area (Å²) in [7, 11) is 3.26. The molecule has 1 unspecified atom stereocenters. The van der Waals surface area contributed by atoms with Gasteiger partial charge in [-0.2, -0.15) is 0 Å². The van der Waals surface area contributed by atoms with Crippen molar-refractivity contribution in [2.45, 2.75) is 13.0 Å². The van der Waals surface area contributed by atoms with E-state index in [9.17, 15) is 4.79 Å². The third kappa shape index (κ3) is 6.75. The van der Waals surface area contributed by atoms with Crippen molar-refractivity contribution >= 4 is 18.3 Å². The maximum Gasteiger partial charge on any atom is 0.234 e. The van der Waals surface area contributed by atoms with Crippen LogP contribution in [0.5, 0.6) is 5.75 Å². The summed E-state index contributed by atoms with van der Waals surface area (Å²) in [6.45, 7) is 3.51. The van der Waals surface area contributed by atoms with Gasteiger partial charge in [0.15, 0.2) is 0 Å². The first-order valence-corrected chi connectivity index (χ1v) is 6.30. The first kappa shape index (κ1) is 18.7. The molecule has 1 amide bonds. The van der Waals surface area contributed by atoms with Crippen LogP contribution in [0, 0.1) is 0 Å². The Morgan fingerprint density at radius 2 is 1.90 bits per heavy atom. The molecular formula is C14H23ClN2O3. The lowest BCUT2D eigenvalue weighted by Gasteiger charge is -2.15. The fourth-order valence-corrected chi connectivity index (χ4v) is 1.64. The number of ether oxygens (including phenoxy) is 2. The van der Waals surface area contributed by atoms with Crippen LogP contribution in [0.25, 0.3) is 0 Å². The Labute approximate surface area is 126 Å². The highest BCUT2D eigenvalue weighted by Crippen LogP contribution is 2.16. The Hall–Kier alpha value is -1.30. The second kappa shape index (κ2) is 10.5. The number of hydrogen-bond donors (Lipinski definition) is 2. The van der Waals surface area contributed by atoms with Gasteiger partial charge in [0, 0.05) is 13.7 Å². The largest absolute Gasteiger partial charge is 0.497 e. The van der Waals surface area contributed by atoms with Gasteiger partial charge in [-0.3, -0.25) is 4.79 Å². The lowest BCUT2D eigenvalue weighted by Crippen LogP contribution is -2.36. The molecule has 20 heavy (non-hydrogen) atoms. The number of benzene rings is 1. The molecular weight excluding hydrogens is 280 g/mol. The lowest BCUT2D eigenvalue weighted by atomic mass is 10.1. The van der Waals surface area contributed by atoms with Crippen LogP contribution in [0.15, 0.2) is 24.3 Å². The van der Waals surface area contributed by atoms with Crippen LogP contribution in [0.4, 0.5) is 0 Å². The zero-order valence-electron chi connectivity index (χ0n) is 12.1. The highest BCUT2D eigenvalue weighted by Gasteiger charge is 2.09. The SMILES string of the molecule is COCCNCC(=O)NC(C)c1ccc(OC)cc1.Cl. The topological polar surface area (TPSA) is 59.6 Å². The van der Waals surface area contributed by atoms with Crippen molar-refractivity contribution in [1.82, 2.24) is 10.6 Å². The van der Waals surface area contributed by atoms with E-state index >= 15 is 0 Å². The fourth-order valence-electron chi connectivity index (χ4n) is 1.64. The summed E-state index contributed by atoms with van der Waals surface area (Å²) in [5.74, 6) is 0.780. The molecule has 0 bridgehead atoms. The lowest BCUT2D eigenvalue weighted by molar-refractivity contribution is -0.120. The van der Waals surface area contributed by atoms with Crippen molar-refractivity contribution in [2.75, 3.05) is 33.9 Å². The molecule has 0 aliphatic heterocycles. The van der Waals surface area contributed by atoms with E-state index in [-0.39, 0.29) is 24.4 Å². The average molecular weight is 303 g/mol. The first-order valence-electron chi connectivity index (χ1n) is 6.30. The Kier molecular flexibility index (Phi) is 9.80. The molecule has 0 aromatic heterocycles. The highest BCUT2D eigenvalue weighted by molar-refractivity contribution is 5.85. The van der Waals surface area contributed by atoms with Gasteiger partial charge in [-0.05, 0) is 24.6 Å². The third-order valence-corrected chi connectivity index (χ3v) is 2.76. The number of hydrogen-bond acceptors (Lipinski definition) is 4. The molecule has 1 rings (SSSR count). The normalized spacial score (nSPS) is 11.3. The van der Waals surface area contributed by atoms with E-state index in [1.807, 2.05) is 31.2 Å². The first-order chi connectivity index (χ1) is 9.17. The molecule has 0 spiro atoms. The van der Waals surface area contributed by atoms with Gasteiger partial charge in [0.25, 0.3) is 0 Å². The molecule has 2 N–H and O–H groups in total. The molecule has 0 aliphatic carbocycles. The minimum Gasteiger partial charge on any atom is -0.497 e. The molecule has 0 radical (unpaired) electrons. The quantitative estimate of drug-likeness (QED) is 0.715. The van der Waals surface area contributed by atoms with Crippen molar-refractivity contribution in [3.63, 3.8) is 0 Å².